The van der Waals surface area contributed by atoms with E-state index in [2.05, 4.69) is 145 Å². The molecule has 5 aromatic carbocycles. The van der Waals surface area contributed by atoms with Crippen molar-refractivity contribution in [1.82, 2.24) is 9.55 Å². The number of fused-ring (bicyclic) bond motifs is 12. The summed E-state index contributed by atoms with van der Waals surface area (Å²) in [5.74, 6) is 1.21. The molecule has 0 aliphatic heterocycles. The Balaban J connectivity index is 1.45. The first-order valence-corrected chi connectivity index (χ1v) is 15.2. The smallest absolute Gasteiger partial charge is 0.0644 e. The molecule has 1 N–H and O–H groups in total. The van der Waals surface area contributed by atoms with Gasteiger partial charge in [0.25, 0.3) is 0 Å². The highest BCUT2D eigenvalue weighted by Crippen LogP contribution is 2.51. The quantitative estimate of drug-likeness (QED) is 0.225. The number of rotatable bonds is 2. The molecule has 0 fully saturated rings. The van der Waals surface area contributed by atoms with Crippen LogP contribution in [-0.4, -0.2) is 9.55 Å². The van der Waals surface area contributed by atoms with E-state index in [1.165, 1.54) is 77.1 Å². The average molecular weight is 541 g/mol. The topological polar surface area (TPSA) is 20.7 Å². The summed E-state index contributed by atoms with van der Waals surface area (Å²) in [6.07, 6.45) is 8.35. The first kappa shape index (κ1) is 23.8. The van der Waals surface area contributed by atoms with Crippen molar-refractivity contribution in [2.24, 2.45) is 5.92 Å². The Kier molecular flexibility index (Phi) is 5.02. The number of benzene rings is 5. The maximum absolute atomic E-state index is 3.84. The van der Waals surface area contributed by atoms with Gasteiger partial charge in [0.1, 0.15) is 0 Å². The van der Waals surface area contributed by atoms with Gasteiger partial charge >= 0.3 is 0 Å². The number of para-hydroxylation sites is 1. The molecule has 0 bridgehead atoms. The van der Waals surface area contributed by atoms with Gasteiger partial charge in [0, 0.05) is 49.9 Å². The minimum atomic E-state index is 0.376. The van der Waals surface area contributed by atoms with Crippen LogP contribution in [0.3, 0.4) is 0 Å². The lowest BCUT2D eigenvalue weighted by molar-refractivity contribution is 0.632. The van der Waals surface area contributed by atoms with Crippen LogP contribution >= 0.6 is 0 Å². The minimum Gasteiger partial charge on any atom is -0.354 e. The average Bonchev–Trinajstić information content (AvgIpc) is 3.58. The maximum Gasteiger partial charge on any atom is 0.0644 e. The summed E-state index contributed by atoms with van der Waals surface area (Å²) in [6.45, 7) is 4.76. The highest BCUT2D eigenvalue weighted by Gasteiger charge is 2.32. The lowest BCUT2D eigenvalue weighted by atomic mass is 9.81. The second-order valence-corrected chi connectivity index (χ2v) is 12.3. The normalized spacial score (nSPS) is 19.9. The molecule has 3 unspecified atom stereocenters. The van der Waals surface area contributed by atoms with Crippen LogP contribution in [0.15, 0.2) is 121 Å². The van der Waals surface area contributed by atoms with E-state index in [9.17, 15) is 0 Å². The van der Waals surface area contributed by atoms with Gasteiger partial charge in [-0.15, -0.1) is 0 Å². The fourth-order valence-corrected chi connectivity index (χ4v) is 8.00. The fourth-order valence-electron chi connectivity index (χ4n) is 8.00. The highest BCUT2D eigenvalue weighted by atomic mass is 15.0. The van der Waals surface area contributed by atoms with E-state index in [1.54, 1.807) is 0 Å². The van der Waals surface area contributed by atoms with Gasteiger partial charge in [-0.1, -0.05) is 123 Å². The van der Waals surface area contributed by atoms with Gasteiger partial charge in [0.2, 0.25) is 0 Å². The van der Waals surface area contributed by atoms with E-state index < -0.39 is 0 Å². The molecular weight excluding hydrogens is 508 g/mol. The number of nitrogens with one attached hydrogen (secondary N) is 1. The molecule has 2 aromatic heterocycles. The van der Waals surface area contributed by atoms with Crippen LogP contribution in [0.4, 0.5) is 0 Å². The predicted octanol–water partition coefficient (Wildman–Crippen LogP) is 10.6. The van der Waals surface area contributed by atoms with Crippen molar-refractivity contribution in [3.8, 4) is 11.1 Å². The Hall–Kier alpha value is -4.82. The number of H-pyrrole nitrogens is 1. The third-order valence-electron chi connectivity index (χ3n) is 9.86. The molecule has 42 heavy (non-hydrogen) atoms. The molecule has 2 heteroatoms. The number of allylic oxidation sites excluding steroid dienone is 4. The first-order chi connectivity index (χ1) is 20.7. The molecule has 0 spiro atoms. The number of hydrogen-bond donors (Lipinski definition) is 1. The standard InChI is InChI=1S/C40H32N2/c1-24-22-27(20-21-28(24)26-12-4-3-5-13-26)42-35-23-25(2)29-14-6-7-15-30(29)36(35)37-31-16-8-9-17-32(31)39-38(40(37)42)33-18-10-11-19-34(33)41-39/h3-22,24-25,28,41H,23H2,1-2H3. The molecule has 0 saturated heterocycles. The van der Waals surface area contributed by atoms with Gasteiger partial charge in [0.05, 0.1) is 11.0 Å². The van der Waals surface area contributed by atoms with Crippen LogP contribution in [0, 0.1) is 5.92 Å². The zero-order chi connectivity index (χ0) is 27.9. The van der Waals surface area contributed by atoms with Crippen molar-refractivity contribution in [1.29, 1.82) is 0 Å². The molecule has 2 nitrogen and oxygen atoms in total. The van der Waals surface area contributed by atoms with E-state index in [4.69, 9.17) is 0 Å². The highest BCUT2D eigenvalue weighted by molar-refractivity contribution is 6.34. The minimum absolute atomic E-state index is 0.376. The monoisotopic (exact) mass is 540 g/mol. The van der Waals surface area contributed by atoms with Crippen LogP contribution in [0.2, 0.25) is 0 Å². The summed E-state index contributed by atoms with van der Waals surface area (Å²) in [5.41, 5.74) is 12.1. The molecule has 2 heterocycles. The number of hydrogen-bond acceptors (Lipinski definition) is 0. The van der Waals surface area contributed by atoms with Crippen LogP contribution < -0.4 is 0 Å². The second-order valence-electron chi connectivity index (χ2n) is 12.3. The van der Waals surface area contributed by atoms with Crippen LogP contribution in [0.5, 0.6) is 0 Å². The molecule has 0 amide bonds. The summed E-state index contributed by atoms with van der Waals surface area (Å²) >= 11 is 0. The second kappa shape index (κ2) is 8.84. The molecule has 3 atom stereocenters. The van der Waals surface area contributed by atoms with Crippen LogP contribution in [-0.2, 0) is 6.42 Å². The summed E-state index contributed by atoms with van der Waals surface area (Å²) in [5, 5.41) is 6.60. The number of aromatic amines is 1. The Labute approximate surface area is 245 Å². The zero-order valence-electron chi connectivity index (χ0n) is 23.9. The van der Waals surface area contributed by atoms with E-state index in [0.717, 1.165) is 6.42 Å². The Morgan fingerprint density at radius 1 is 0.714 bits per heavy atom. The number of nitrogens with zero attached hydrogens (tertiary/aromatic N) is 1. The molecule has 7 aromatic rings. The lowest BCUT2D eigenvalue weighted by Gasteiger charge is -2.28. The fraction of sp³-hybridized carbons (Fsp3) is 0.150. The molecule has 2 aliphatic carbocycles. The SMILES string of the molecule is CC1Cc2c(c3c4ccccc4c4[nH]c5ccccc5c4c3n2C2=CC(C)C(c3ccccc3)C=C2)-c2ccccc21. The van der Waals surface area contributed by atoms with Crippen molar-refractivity contribution in [3.63, 3.8) is 0 Å². The van der Waals surface area contributed by atoms with Crippen molar-refractivity contribution in [3.05, 3.63) is 138 Å². The van der Waals surface area contributed by atoms with Gasteiger partial charge < -0.3 is 9.55 Å². The Morgan fingerprint density at radius 3 is 2.26 bits per heavy atom. The van der Waals surface area contributed by atoms with E-state index in [-0.39, 0.29) is 0 Å². The molecule has 2 aliphatic rings. The van der Waals surface area contributed by atoms with Crippen molar-refractivity contribution in [2.45, 2.75) is 32.1 Å². The van der Waals surface area contributed by atoms with Crippen molar-refractivity contribution in [2.75, 3.05) is 0 Å². The summed E-state index contributed by atoms with van der Waals surface area (Å²) < 4.78 is 2.64. The summed E-state index contributed by atoms with van der Waals surface area (Å²) in [7, 11) is 0. The first-order valence-electron chi connectivity index (χ1n) is 15.2. The lowest BCUT2D eigenvalue weighted by Crippen LogP contribution is -2.15. The molecule has 9 rings (SSSR count). The van der Waals surface area contributed by atoms with Gasteiger partial charge in [-0.25, -0.2) is 0 Å². The summed E-state index contributed by atoms with van der Waals surface area (Å²) in [4.78, 5) is 3.84. The van der Waals surface area contributed by atoms with E-state index in [0.29, 0.717) is 17.8 Å². The Bertz CT molecular complexity index is 2260. The van der Waals surface area contributed by atoms with Gasteiger partial charge in [-0.05, 0) is 52.5 Å². The van der Waals surface area contributed by atoms with Crippen molar-refractivity contribution >= 4 is 49.2 Å². The molecule has 202 valence electrons. The predicted molar refractivity (Wildman–Crippen MR) is 178 cm³/mol. The van der Waals surface area contributed by atoms with E-state index in [1.807, 2.05) is 0 Å². The van der Waals surface area contributed by atoms with Gasteiger partial charge in [0.15, 0.2) is 0 Å². The zero-order valence-corrected chi connectivity index (χ0v) is 23.9. The van der Waals surface area contributed by atoms with Crippen LogP contribution in [0.25, 0.3) is 60.3 Å². The van der Waals surface area contributed by atoms with E-state index >= 15 is 0 Å². The molecular formula is C40H32N2. The summed E-state index contributed by atoms with van der Waals surface area (Å²) in [6, 6.07) is 37.8. The van der Waals surface area contributed by atoms with Crippen molar-refractivity contribution < 1.29 is 0 Å². The third kappa shape index (κ3) is 3.21. The van der Waals surface area contributed by atoms with Gasteiger partial charge in [-0.3, -0.25) is 0 Å². The maximum atomic E-state index is 3.84. The molecule has 0 radical (unpaired) electrons. The largest absolute Gasteiger partial charge is 0.354 e. The number of aromatic nitrogens is 2. The van der Waals surface area contributed by atoms with Crippen LogP contribution in [0.1, 0.15) is 42.5 Å². The third-order valence-corrected chi connectivity index (χ3v) is 9.86. The Morgan fingerprint density at radius 2 is 1.43 bits per heavy atom. The van der Waals surface area contributed by atoms with Gasteiger partial charge in [-0.2, -0.15) is 0 Å². The molecule has 0 saturated carbocycles.